The van der Waals surface area contributed by atoms with E-state index in [1.165, 1.54) is 29.4 Å². The summed E-state index contributed by atoms with van der Waals surface area (Å²) < 4.78 is 57.1. The lowest BCUT2D eigenvalue weighted by Crippen LogP contribution is -2.48. The summed E-state index contributed by atoms with van der Waals surface area (Å²) in [6.45, 7) is 5.44. The molecular formula is C27H26ClF3N6O4. The van der Waals surface area contributed by atoms with Crippen molar-refractivity contribution in [1.29, 1.82) is 0 Å². The average Bonchev–Trinajstić information content (AvgIpc) is 3.50. The number of alkyl halides is 3. The highest BCUT2D eigenvalue weighted by Gasteiger charge is 2.41. The van der Waals surface area contributed by atoms with Gasteiger partial charge in [-0.1, -0.05) is 23.7 Å². The number of hydrogen-bond donors (Lipinski definition) is 1. The van der Waals surface area contributed by atoms with E-state index in [2.05, 4.69) is 25.2 Å². The summed E-state index contributed by atoms with van der Waals surface area (Å²) in [5.74, 6) is -0.0335. The largest absolute Gasteiger partial charge is 0.474 e. The Balaban J connectivity index is 1.25. The minimum absolute atomic E-state index is 0.147. The Kier molecular flexibility index (Phi) is 6.91. The van der Waals surface area contributed by atoms with E-state index in [0.29, 0.717) is 37.6 Å². The van der Waals surface area contributed by atoms with Gasteiger partial charge in [-0.2, -0.15) is 18.2 Å². The number of amides is 2. The highest BCUT2D eigenvalue weighted by atomic mass is 35.5. The molecule has 3 aliphatic heterocycles. The van der Waals surface area contributed by atoms with Crippen molar-refractivity contribution in [3.63, 3.8) is 0 Å². The van der Waals surface area contributed by atoms with Crippen LogP contribution in [0.25, 0.3) is 11.3 Å². The number of urea groups is 1. The monoisotopic (exact) mass is 590 g/mol. The maximum absolute atomic E-state index is 13.6. The molecule has 0 radical (unpaired) electrons. The molecule has 216 valence electrons. The van der Waals surface area contributed by atoms with E-state index in [0.717, 1.165) is 12.1 Å². The molecule has 2 fully saturated rings. The van der Waals surface area contributed by atoms with Gasteiger partial charge < -0.3 is 19.1 Å². The van der Waals surface area contributed by atoms with Crippen LogP contribution in [0.3, 0.4) is 0 Å². The van der Waals surface area contributed by atoms with Gasteiger partial charge in [0.15, 0.2) is 17.4 Å². The van der Waals surface area contributed by atoms with Crippen LogP contribution in [0.15, 0.2) is 42.7 Å². The normalized spacial score (nSPS) is 21.1. The molecule has 1 N–H and O–H groups in total. The van der Waals surface area contributed by atoms with E-state index in [9.17, 15) is 18.0 Å². The summed E-state index contributed by atoms with van der Waals surface area (Å²) in [6, 6.07) is 5.70. The van der Waals surface area contributed by atoms with Crippen molar-refractivity contribution in [1.82, 2.24) is 15.0 Å². The molecule has 2 amide bonds. The summed E-state index contributed by atoms with van der Waals surface area (Å²) in [7, 11) is 0. The number of hydrogen-bond acceptors (Lipinski definition) is 8. The fraction of sp³-hybridized carbons (Fsp3) is 0.407. The molecule has 3 aliphatic rings. The van der Waals surface area contributed by atoms with Crippen LogP contribution in [0.2, 0.25) is 5.02 Å². The van der Waals surface area contributed by atoms with Crippen LogP contribution in [0, 0.1) is 0 Å². The van der Waals surface area contributed by atoms with E-state index >= 15 is 0 Å². The molecule has 2 aromatic heterocycles. The summed E-state index contributed by atoms with van der Waals surface area (Å²) in [5.41, 5.74) is 0.143. The number of nitrogens with zero attached hydrogens (tertiary/aromatic N) is 5. The second kappa shape index (κ2) is 10.3. The molecule has 2 bridgehead atoms. The maximum atomic E-state index is 13.6. The Morgan fingerprint density at radius 1 is 1.24 bits per heavy atom. The van der Waals surface area contributed by atoms with Crippen LogP contribution in [-0.2, 0) is 15.7 Å². The number of carbonyl (C=O) groups excluding carboxylic acids is 1. The van der Waals surface area contributed by atoms with Gasteiger partial charge in [0.25, 0.3) is 0 Å². The van der Waals surface area contributed by atoms with Crippen molar-refractivity contribution >= 4 is 35.0 Å². The van der Waals surface area contributed by atoms with E-state index in [1.807, 2.05) is 13.8 Å². The molecule has 0 saturated carbocycles. The predicted molar refractivity (Wildman–Crippen MR) is 144 cm³/mol. The Hall–Kier alpha value is -3.68. The number of fused-ring (bicyclic) bond motifs is 4. The third-order valence-electron chi connectivity index (χ3n) is 7.05. The van der Waals surface area contributed by atoms with Crippen molar-refractivity contribution in [3.8, 4) is 17.1 Å². The lowest BCUT2D eigenvalue weighted by atomic mass is 10.1. The SMILES string of the molecule is CC1(C)OC[C@H](COc2cncc(NC(=O)N3c4nc(-c5cccc(C(F)(F)F)c5)c(Cl)cc4N4CC[C@H]3C4)n2)O1. The maximum Gasteiger partial charge on any atom is 0.416 e. The number of rotatable bonds is 5. The van der Waals surface area contributed by atoms with Gasteiger partial charge in [-0.3, -0.25) is 15.2 Å². The van der Waals surface area contributed by atoms with Crippen LogP contribution < -0.4 is 19.9 Å². The van der Waals surface area contributed by atoms with Crippen molar-refractivity contribution in [3.05, 3.63) is 53.3 Å². The van der Waals surface area contributed by atoms with Gasteiger partial charge in [-0.05, 0) is 38.5 Å². The smallest absolute Gasteiger partial charge is 0.416 e. The summed E-state index contributed by atoms with van der Waals surface area (Å²) in [4.78, 5) is 30.3. The number of nitrogens with one attached hydrogen (secondary N) is 1. The van der Waals surface area contributed by atoms with Crippen LogP contribution in [0.1, 0.15) is 25.8 Å². The van der Waals surface area contributed by atoms with Gasteiger partial charge >= 0.3 is 12.2 Å². The summed E-state index contributed by atoms with van der Waals surface area (Å²) in [6.07, 6.45) is -1.31. The predicted octanol–water partition coefficient (Wildman–Crippen LogP) is 5.37. The van der Waals surface area contributed by atoms with E-state index in [1.54, 1.807) is 6.07 Å². The number of pyridine rings is 1. The number of benzene rings is 1. The van der Waals surface area contributed by atoms with Gasteiger partial charge in [0.1, 0.15) is 12.7 Å². The lowest BCUT2D eigenvalue weighted by molar-refractivity contribution is -0.141. The number of ether oxygens (including phenoxy) is 3. The molecule has 41 heavy (non-hydrogen) atoms. The Morgan fingerprint density at radius 3 is 2.83 bits per heavy atom. The molecule has 0 unspecified atom stereocenters. The van der Waals surface area contributed by atoms with Crippen molar-refractivity contribution in [2.75, 3.05) is 41.4 Å². The van der Waals surface area contributed by atoms with Crippen molar-refractivity contribution in [2.24, 2.45) is 0 Å². The fourth-order valence-corrected chi connectivity index (χ4v) is 5.46. The minimum Gasteiger partial charge on any atom is -0.474 e. The molecule has 14 heteroatoms. The van der Waals surface area contributed by atoms with Gasteiger partial charge in [-0.25, -0.2) is 9.78 Å². The first kappa shape index (κ1) is 27.5. The zero-order valence-corrected chi connectivity index (χ0v) is 22.9. The first-order valence-electron chi connectivity index (χ1n) is 13.0. The van der Waals surface area contributed by atoms with Crippen LogP contribution in [-0.4, -0.2) is 65.2 Å². The number of aromatic nitrogens is 3. The topological polar surface area (TPSA) is 102 Å². The number of carbonyl (C=O) groups is 1. The number of halogens is 4. The van der Waals surface area contributed by atoms with Crippen molar-refractivity contribution < 1.29 is 32.2 Å². The Bertz CT molecular complexity index is 1490. The fourth-order valence-electron chi connectivity index (χ4n) is 5.20. The Labute approximate surface area is 238 Å². The van der Waals surface area contributed by atoms with Crippen LogP contribution in [0.4, 0.5) is 35.3 Å². The molecule has 0 aliphatic carbocycles. The van der Waals surface area contributed by atoms with E-state index in [-0.39, 0.29) is 46.7 Å². The molecule has 1 aromatic carbocycles. The molecule has 6 rings (SSSR count). The van der Waals surface area contributed by atoms with E-state index < -0.39 is 23.6 Å². The van der Waals surface area contributed by atoms with Crippen LogP contribution >= 0.6 is 11.6 Å². The minimum atomic E-state index is -4.53. The first-order valence-corrected chi connectivity index (χ1v) is 13.3. The third kappa shape index (κ3) is 5.61. The third-order valence-corrected chi connectivity index (χ3v) is 7.34. The zero-order chi connectivity index (χ0) is 28.9. The highest BCUT2D eigenvalue weighted by molar-refractivity contribution is 6.33. The average molecular weight is 591 g/mol. The van der Waals surface area contributed by atoms with Gasteiger partial charge in [0.05, 0.1) is 47.0 Å². The second-order valence-corrected chi connectivity index (χ2v) is 10.8. The second-order valence-electron chi connectivity index (χ2n) is 10.4. The quantitative estimate of drug-likeness (QED) is 0.423. The van der Waals surface area contributed by atoms with Gasteiger partial charge in [0.2, 0.25) is 5.88 Å². The molecule has 0 spiro atoms. The molecule has 2 atom stereocenters. The first-order chi connectivity index (χ1) is 19.5. The number of anilines is 3. The highest BCUT2D eigenvalue weighted by Crippen LogP contribution is 2.43. The standard InChI is InChI=1S/C27H26ClF3N6O4/c1-26(2)40-14-18(41-26)13-39-22-11-32-10-21(33-22)34-25(38)37-17-6-7-36(12-17)20-9-19(28)23(35-24(20)37)15-4-3-5-16(8-15)27(29,30)31/h3-5,8-11,17-18H,6-7,12-14H2,1-2H3,(H,33,34,38)/t17-,18-/m0/s1. The van der Waals surface area contributed by atoms with Gasteiger partial charge in [-0.15, -0.1) is 0 Å². The zero-order valence-electron chi connectivity index (χ0n) is 22.1. The summed E-state index contributed by atoms with van der Waals surface area (Å²) in [5, 5.41) is 2.94. The lowest BCUT2D eigenvalue weighted by Gasteiger charge is -2.36. The molecule has 2 saturated heterocycles. The Morgan fingerprint density at radius 2 is 2.07 bits per heavy atom. The van der Waals surface area contributed by atoms with E-state index in [4.69, 9.17) is 25.8 Å². The van der Waals surface area contributed by atoms with Crippen molar-refractivity contribution in [2.45, 2.75) is 44.4 Å². The molecule has 5 heterocycles. The molecular weight excluding hydrogens is 565 g/mol. The summed E-state index contributed by atoms with van der Waals surface area (Å²) >= 11 is 6.53. The van der Waals surface area contributed by atoms with Gasteiger partial charge in [0, 0.05) is 18.7 Å². The molecule has 3 aromatic rings. The van der Waals surface area contributed by atoms with Crippen LogP contribution in [0.5, 0.6) is 5.88 Å². The molecule has 10 nitrogen and oxygen atoms in total.